The van der Waals surface area contributed by atoms with Gasteiger partial charge in [0, 0.05) is 18.2 Å². The Bertz CT molecular complexity index is 589. The molecule has 0 saturated heterocycles. The normalized spacial score (nSPS) is 12.1. The molecule has 1 heterocycles. The van der Waals surface area contributed by atoms with Crippen LogP contribution in [0.5, 0.6) is 0 Å². The van der Waals surface area contributed by atoms with Gasteiger partial charge in [0.1, 0.15) is 4.70 Å². The molecule has 0 bridgehead atoms. The van der Waals surface area contributed by atoms with E-state index in [4.69, 9.17) is 0 Å². The summed E-state index contributed by atoms with van der Waals surface area (Å²) in [6.45, 7) is 0.561. The predicted octanol–water partition coefficient (Wildman–Crippen LogP) is 1.12. The van der Waals surface area contributed by atoms with Crippen molar-refractivity contribution in [3.8, 4) is 0 Å². The molecule has 0 aliphatic rings. The van der Waals surface area contributed by atoms with E-state index < -0.39 is 10.1 Å². The number of hydrogen-bond acceptors (Lipinski definition) is 4. The van der Waals surface area contributed by atoms with E-state index in [0.717, 1.165) is 10.2 Å². The van der Waals surface area contributed by atoms with Gasteiger partial charge in [-0.1, -0.05) is 23.5 Å². The van der Waals surface area contributed by atoms with Crippen molar-refractivity contribution < 1.29 is 17.5 Å². The lowest BCUT2D eigenvalue weighted by Gasteiger charge is -2.03. The molecule has 0 radical (unpaired) electrons. The van der Waals surface area contributed by atoms with Crippen LogP contribution in [-0.4, -0.2) is 18.7 Å². The molecular formula is C10H11NO3S2. The molecule has 0 atom stereocenters. The van der Waals surface area contributed by atoms with E-state index in [1.165, 1.54) is 0 Å². The van der Waals surface area contributed by atoms with Gasteiger partial charge in [0.05, 0.1) is 10.1 Å². The average Bonchev–Trinajstić information content (AvgIpc) is 2.60. The van der Waals surface area contributed by atoms with Gasteiger partial charge in [0.2, 0.25) is 11.0 Å². The van der Waals surface area contributed by atoms with Crippen molar-refractivity contribution in [1.29, 1.82) is 0 Å². The van der Waals surface area contributed by atoms with Crippen LogP contribution in [0.15, 0.2) is 29.8 Å². The van der Waals surface area contributed by atoms with E-state index in [1.807, 2.05) is 34.3 Å². The lowest BCUT2D eigenvalue weighted by atomic mass is 10.3. The number of nitrogens with zero attached hydrogens (tertiary/aromatic N) is 1. The molecule has 0 unspecified atom stereocenters. The lowest BCUT2D eigenvalue weighted by molar-refractivity contribution is -0.667. The number of thiazole rings is 1. The Hall–Kier alpha value is -0.980. The largest absolute Gasteiger partial charge is 0.748 e. The molecule has 6 heteroatoms. The summed E-state index contributed by atoms with van der Waals surface area (Å²) in [5.74, 6) is -0.301. The summed E-state index contributed by atoms with van der Waals surface area (Å²) in [4.78, 5) is 0. The maximum atomic E-state index is 10.5. The molecule has 1 aromatic carbocycles. The van der Waals surface area contributed by atoms with Crippen LogP contribution in [0.2, 0.25) is 0 Å². The summed E-state index contributed by atoms with van der Waals surface area (Å²) in [5.41, 5.74) is 3.03. The van der Waals surface area contributed by atoms with Gasteiger partial charge in [0.25, 0.3) is 0 Å². The number of benzene rings is 1. The number of hydrogen-bond donors (Lipinski definition) is 0. The van der Waals surface area contributed by atoms with Crippen molar-refractivity contribution in [2.75, 3.05) is 5.75 Å². The van der Waals surface area contributed by atoms with Crippen molar-refractivity contribution in [2.45, 2.75) is 13.0 Å². The second-order valence-electron chi connectivity index (χ2n) is 3.50. The van der Waals surface area contributed by atoms with Crippen LogP contribution in [0.4, 0.5) is 0 Å². The Balaban J connectivity index is 2.10. The number of aryl methyl sites for hydroxylation is 1. The number of aromatic nitrogens is 1. The molecule has 0 aliphatic carbocycles. The maximum absolute atomic E-state index is 10.5. The van der Waals surface area contributed by atoms with Gasteiger partial charge >= 0.3 is 0 Å². The fourth-order valence-corrected chi connectivity index (χ4v) is 2.96. The van der Waals surface area contributed by atoms with Crippen LogP contribution in [0.3, 0.4) is 0 Å². The van der Waals surface area contributed by atoms with Crippen molar-refractivity contribution >= 4 is 31.7 Å². The molecule has 0 N–H and O–H groups in total. The Kier molecular flexibility index (Phi) is 3.22. The zero-order valence-corrected chi connectivity index (χ0v) is 10.1. The second-order valence-corrected chi connectivity index (χ2v) is 5.91. The fourth-order valence-electron chi connectivity index (χ4n) is 1.56. The van der Waals surface area contributed by atoms with Crippen molar-refractivity contribution in [1.82, 2.24) is 0 Å². The average molecular weight is 257 g/mol. The Morgan fingerprint density at radius 1 is 1.31 bits per heavy atom. The summed E-state index contributed by atoms with van der Waals surface area (Å²) >= 11 is 1.61. The first-order valence-electron chi connectivity index (χ1n) is 4.85. The standard InChI is InChI=1S/C10H11NO3S2/c12-16(13,14)7-3-6-11-8-15-10-5-2-1-4-9(10)11/h1-2,4-5,8H,3,6-7H2. The summed E-state index contributed by atoms with van der Waals surface area (Å²) in [7, 11) is -4.09. The van der Waals surface area contributed by atoms with Gasteiger partial charge in [-0.15, -0.1) is 0 Å². The Morgan fingerprint density at radius 2 is 2.06 bits per heavy atom. The minimum atomic E-state index is -4.09. The Morgan fingerprint density at radius 3 is 2.81 bits per heavy atom. The quantitative estimate of drug-likeness (QED) is 0.609. The first-order valence-corrected chi connectivity index (χ1v) is 7.31. The van der Waals surface area contributed by atoms with Crippen LogP contribution in [0, 0.1) is 0 Å². The van der Waals surface area contributed by atoms with E-state index in [-0.39, 0.29) is 5.75 Å². The molecule has 0 aliphatic heterocycles. The lowest BCUT2D eigenvalue weighted by Crippen LogP contribution is -2.32. The van der Waals surface area contributed by atoms with Crippen LogP contribution in [0.1, 0.15) is 6.42 Å². The van der Waals surface area contributed by atoms with Crippen molar-refractivity contribution in [3.63, 3.8) is 0 Å². The highest BCUT2D eigenvalue weighted by molar-refractivity contribution is 7.85. The van der Waals surface area contributed by atoms with Crippen molar-refractivity contribution in [2.24, 2.45) is 0 Å². The molecule has 0 amide bonds. The zero-order chi connectivity index (χ0) is 11.6. The highest BCUT2D eigenvalue weighted by atomic mass is 32.2. The molecule has 1 aromatic heterocycles. The highest BCUT2D eigenvalue weighted by Gasteiger charge is 2.10. The highest BCUT2D eigenvalue weighted by Crippen LogP contribution is 2.14. The molecule has 2 rings (SSSR count). The number of fused-ring (bicyclic) bond motifs is 1. The van der Waals surface area contributed by atoms with Crippen LogP contribution in [-0.2, 0) is 16.7 Å². The molecule has 0 spiro atoms. The Labute approximate surface area is 97.9 Å². The van der Waals surface area contributed by atoms with Gasteiger partial charge in [-0.2, -0.15) is 4.57 Å². The topological polar surface area (TPSA) is 61.1 Å². The molecule has 16 heavy (non-hydrogen) atoms. The van der Waals surface area contributed by atoms with Crippen LogP contribution < -0.4 is 4.57 Å². The zero-order valence-electron chi connectivity index (χ0n) is 8.50. The molecular weight excluding hydrogens is 246 g/mol. The third-order valence-electron chi connectivity index (χ3n) is 2.27. The fraction of sp³-hybridized carbons (Fsp3) is 0.300. The number of rotatable bonds is 4. The van der Waals surface area contributed by atoms with Crippen LogP contribution >= 0.6 is 11.3 Å². The SMILES string of the molecule is O=S(=O)([O-])CCC[n+]1csc2ccccc21. The van der Waals surface area contributed by atoms with Gasteiger partial charge in [-0.3, -0.25) is 0 Å². The van der Waals surface area contributed by atoms with Crippen LogP contribution in [0.25, 0.3) is 10.2 Å². The van der Waals surface area contributed by atoms with Crippen molar-refractivity contribution in [3.05, 3.63) is 29.8 Å². The molecule has 4 nitrogen and oxygen atoms in total. The third kappa shape index (κ3) is 2.78. The summed E-state index contributed by atoms with van der Waals surface area (Å²) in [6, 6.07) is 7.90. The van der Waals surface area contributed by atoms with E-state index in [1.54, 1.807) is 11.3 Å². The van der Waals surface area contributed by atoms with Gasteiger partial charge < -0.3 is 4.55 Å². The van der Waals surface area contributed by atoms with Gasteiger partial charge in [-0.05, 0) is 6.07 Å². The summed E-state index contributed by atoms with van der Waals surface area (Å²) in [6.07, 6.45) is 0.358. The molecule has 86 valence electrons. The third-order valence-corrected chi connectivity index (χ3v) is 4.02. The van der Waals surface area contributed by atoms with Gasteiger partial charge in [0.15, 0.2) is 6.54 Å². The first kappa shape index (κ1) is 11.5. The molecule has 2 aromatic rings. The molecule has 0 saturated carbocycles. The number of para-hydroxylation sites is 1. The van der Waals surface area contributed by atoms with Gasteiger partial charge in [-0.25, -0.2) is 8.42 Å². The van der Waals surface area contributed by atoms with E-state index in [2.05, 4.69) is 0 Å². The summed E-state index contributed by atoms with van der Waals surface area (Å²) < 4.78 is 34.5. The maximum Gasteiger partial charge on any atom is 0.225 e. The monoisotopic (exact) mass is 257 g/mol. The van der Waals surface area contributed by atoms with E-state index in [9.17, 15) is 13.0 Å². The predicted molar refractivity (Wildman–Crippen MR) is 61.2 cm³/mol. The smallest absolute Gasteiger partial charge is 0.225 e. The minimum absolute atomic E-state index is 0.301. The van der Waals surface area contributed by atoms with E-state index in [0.29, 0.717) is 13.0 Å². The molecule has 0 fully saturated rings. The second kappa shape index (κ2) is 4.48. The summed E-state index contributed by atoms with van der Waals surface area (Å²) in [5, 5.41) is 0. The van der Waals surface area contributed by atoms with E-state index >= 15 is 0 Å². The first-order chi connectivity index (χ1) is 7.56. The minimum Gasteiger partial charge on any atom is -0.748 e.